The molecule has 0 saturated heterocycles. The van der Waals surface area contributed by atoms with E-state index < -0.39 is 12.0 Å². The second kappa shape index (κ2) is 6.95. The molecule has 3 rings (SSSR count). The number of hydrogen-bond acceptors (Lipinski definition) is 5. The van der Waals surface area contributed by atoms with Gasteiger partial charge in [-0.3, -0.25) is 4.79 Å². The number of carbonyl (C=O) groups excluding carboxylic acids is 1. The Balaban J connectivity index is 1.64. The average Bonchev–Trinajstić information content (AvgIpc) is 3.33. The summed E-state index contributed by atoms with van der Waals surface area (Å²) >= 11 is 0.849. The lowest BCUT2D eigenvalue weighted by Crippen LogP contribution is -2.34. The molecule has 0 atom stereocenters. The molecule has 1 fully saturated rings. The number of thioether (sulfide) groups is 1. The van der Waals surface area contributed by atoms with E-state index in [0.29, 0.717) is 11.2 Å². The summed E-state index contributed by atoms with van der Waals surface area (Å²) in [6.45, 7) is 0.480. The van der Waals surface area contributed by atoms with Crippen molar-refractivity contribution in [3.63, 3.8) is 0 Å². The summed E-state index contributed by atoms with van der Waals surface area (Å²) in [6.07, 6.45) is -2.80. The lowest BCUT2D eigenvalue weighted by atomic mass is 10.2. The molecule has 10 heteroatoms. The minimum Gasteiger partial charge on any atom is -0.335 e. The highest BCUT2D eigenvalue weighted by Gasteiger charge is 2.38. The van der Waals surface area contributed by atoms with Crippen molar-refractivity contribution in [3.8, 4) is 0 Å². The summed E-state index contributed by atoms with van der Waals surface area (Å²) < 4.78 is 38.3. The summed E-state index contributed by atoms with van der Waals surface area (Å²) in [5.74, 6) is 3.88. The number of amides is 1. The van der Waals surface area contributed by atoms with Gasteiger partial charge in [0.2, 0.25) is 11.1 Å². The molecule has 134 valence electrons. The predicted molar refractivity (Wildman–Crippen MR) is 85.9 cm³/mol. The molecular weight excluding hydrogens is 355 g/mol. The Hall–Kier alpha value is -2.23. The number of nitrogens with two attached hydrogens (primary N) is 1. The highest BCUT2D eigenvalue weighted by atomic mass is 32.2. The maximum atomic E-state index is 12.7. The van der Waals surface area contributed by atoms with Crippen molar-refractivity contribution in [1.82, 2.24) is 19.8 Å². The molecule has 1 aromatic carbocycles. The van der Waals surface area contributed by atoms with Crippen LogP contribution >= 0.6 is 11.8 Å². The third-order valence-corrected chi connectivity index (χ3v) is 4.67. The zero-order valence-electron chi connectivity index (χ0n) is 13.1. The summed E-state index contributed by atoms with van der Waals surface area (Å²) in [6, 6.07) is 9.75. The van der Waals surface area contributed by atoms with Crippen LogP contribution in [0.4, 0.5) is 13.2 Å². The fourth-order valence-corrected chi connectivity index (χ4v) is 3.11. The van der Waals surface area contributed by atoms with Gasteiger partial charge in [-0.25, -0.2) is 4.68 Å². The fourth-order valence-electron chi connectivity index (χ4n) is 2.37. The van der Waals surface area contributed by atoms with Crippen LogP contribution < -0.4 is 5.84 Å². The molecule has 0 spiro atoms. The van der Waals surface area contributed by atoms with Crippen molar-refractivity contribution in [3.05, 3.63) is 41.7 Å². The van der Waals surface area contributed by atoms with Crippen molar-refractivity contribution in [1.29, 1.82) is 0 Å². The largest absolute Gasteiger partial charge is 0.453 e. The van der Waals surface area contributed by atoms with Crippen molar-refractivity contribution in [2.45, 2.75) is 36.8 Å². The van der Waals surface area contributed by atoms with Gasteiger partial charge in [-0.1, -0.05) is 42.1 Å². The Morgan fingerprint density at radius 1 is 1.28 bits per heavy atom. The minimum absolute atomic E-state index is 0.0451. The average molecular weight is 371 g/mol. The number of benzene rings is 1. The van der Waals surface area contributed by atoms with Crippen LogP contribution in [0.3, 0.4) is 0 Å². The molecule has 25 heavy (non-hydrogen) atoms. The van der Waals surface area contributed by atoms with Gasteiger partial charge >= 0.3 is 6.18 Å². The highest BCUT2D eigenvalue weighted by Crippen LogP contribution is 2.31. The van der Waals surface area contributed by atoms with Crippen molar-refractivity contribution < 1.29 is 18.0 Å². The van der Waals surface area contributed by atoms with E-state index in [0.717, 1.165) is 30.2 Å². The van der Waals surface area contributed by atoms with Crippen LogP contribution in [-0.2, 0) is 17.5 Å². The van der Waals surface area contributed by atoms with E-state index in [1.165, 1.54) is 0 Å². The standard InChI is InChI=1S/C15H16F3N5OS/c16-15(17,18)13-20-21-14(23(13)19)25-9-12(24)22(11-6-7-11)8-10-4-2-1-3-5-10/h1-5,11H,6-9,19H2. The Morgan fingerprint density at radius 2 is 1.96 bits per heavy atom. The van der Waals surface area contributed by atoms with Crippen molar-refractivity contribution in [2.24, 2.45) is 0 Å². The molecule has 1 heterocycles. The smallest absolute Gasteiger partial charge is 0.335 e. The van der Waals surface area contributed by atoms with Crippen molar-refractivity contribution >= 4 is 17.7 Å². The van der Waals surface area contributed by atoms with Gasteiger partial charge in [0.25, 0.3) is 5.82 Å². The molecule has 0 bridgehead atoms. The Labute approximate surface area is 146 Å². The van der Waals surface area contributed by atoms with Crippen molar-refractivity contribution in [2.75, 3.05) is 11.6 Å². The van der Waals surface area contributed by atoms with Gasteiger partial charge in [-0.2, -0.15) is 13.2 Å². The maximum Gasteiger partial charge on any atom is 0.453 e. The Morgan fingerprint density at radius 3 is 2.52 bits per heavy atom. The van der Waals surface area contributed by atoms with Gasteiger partial charge in [0.1, 0.15) is 0 Å². The van der Waals surface area contributed by atoms with Crippen LogP contribution in [0.2, 0.25) is 0 Å². The third kappa shape index (κ3) is 4.25. The number of alkyl halides is 3. The van der Waals surface area contributed by atoms with Crippen LogP contribution in [0, 0.1) is 0 Å². The lowest BCUT2D eigenvalue weighted by Gasteiger charge is -2.22. The third-order valence-electron chi connectivity index (χ3n) is 3.75. The minimum atomic E-state index is -4.68. The molecule has 0 unspecified atom stereocenters. The molecular formula is C15H16F3N5OS. The van der Waals surface area contributed by atoms with Crippen LogP contribution in [0.1, 0.15) is 24.2 Å². The van der Waals surface area contributed by atoms with Gasteiger partial charge < -0.3 is 10.7 Å². The van der Waals surface area contributed by atoms with E-state index in [-0.39, 0.29) is 22.9 Å². The zero-order chi connectivity index (χ0) is 18.0. The number of aromatic nitrogens is 3. The molecule has 2 aromatic rings. The molecule has 1 aliphatic carbocycles. The molecule has 1 saturated carbocycles. The molecule has 1 amide bonds. The van der Waals surface area contributed by atoms with Crippen LogP contribution in [0.15, 0.2) is 35.5 Å². The molecule has 0 aliphatic heterocycles. The predicted octanol–water partition coefficient (Wildman–Crippen LogP) is 2.29. The first kappa shape index (κ1) is 17.6. The number of halogens is 3. The number of nitrogen functional groups attached to an aromatic ring is 1. The van der Waals surface area contributed by atoms with Gasteiger partial charge in [0.15, 0.2) is 0 Å². The van der Waals surface area contributed by atoms with E-state index in [1.54, 1.807) is 4.90 Å². The van der Waals surface area contributed by atoms with E-state index in [1.807, 2.05) is 30.3 Å². The van der Waals surface area contributed by atoms with Crippen LogP contribution in [-0.4, -0.2) is 37.5 Å². The SMILES string of the molecule is Nn1c(SCC(=O)N(Cc2ccccc2)C2CC2)nnc1C(F)(F)F. The normalized spacial score (nSPS) is 14.5. The van der Waals surface area contributed by atoms with E-state index >= 15 is 0 Å². The fraction of sp³-hybridized carbons (Fsp3) is 0.400. The van der Waals surface area contributed by atoms with Gasteiger partial charge in [-0.15, -0.1) is 10.2 Å². The van der Waals surface area contributed by atoms with E-state index in [4.69, 9.17) is 5.84 Å². The van der Waals surface area contributed by atoms with E-state index in [9.17, 15) is 18.0 Å². The second-order valence-corrected chi connectivity index (χ2v) is 6.64. The second-order valence-electron chi connectivity index (χ2n) is 5.70. The molecule has 1 aliphatic rings. The highest BCUT2D eigenvalue weighted by molar-refractivity contribution is 7.99. The first-order chi connectivity index (χ1) is 11.9. The summed E-state index contributed by atoms with van der Waals surface area (Å²) in [5.41, 5.74) is 1.01. The first-order valence-corrected chi connectivity index (χ1v) is 8.58. The number of hydrogen-bond donors (Lipinski definition) is 1. The van der Waals surface area contributed by atoms with Gasteiger partial charge in [0, 0.05) is 12.6 Å². The van der Waals surface area contributed by atoms with Gasteiger partial charge in [0.05, 0.1) is 5.75 Å². The Bertz CT molecular complexity index is 745. The molecule has 6 nitrogen and oxygen atoms in total. The lowest BCUT2D eigenvalue weighted by molar-refractivity contribution is -0.146. The molecule has 2 N–H and O–H groups in total. The van der Waals surface area contributed by atoms with Crippen LogP contribution in [0.5, 0.6) is 0 Å². The molecule has 0 radical (unpaired) electrons. The Kier molecular flexibility index (Phi) is 4.89. The van der Waals surface area contributed by atoms with Crippen LogP contribution in [0.25, 0.3) is 0 Å². The summed E-state index contributed by atoms with van der Waals surface area (Å²) in [7, 11) is 0. The first-order valence-electron chi connectivity index (χ1n) is 7.60. The van der Waals surface area contributed by atoms with Gasteiger partial charge in [-0.05, 0) is 18.4 Å². The summed E-state index contributed by atoms with van der Waals surface area (Å²) in [5, 5.41) is 6.32. The quantitative estimate of drug-likeness (QED) is 0.623. The molecule has 1 aromatic heterocycles. The topological polar surface area (TPSA) is 77.0 Å². The van der Waals surface area contributed by atoms with E-state index in [2.05, 4.69) is 10.2 Å². The zero-order valence-corrected chi connectivity index (χ0v) is 13.9. The monoisotopic (exact) mass is 371 g/mol. The number of rotatable bonds is 6. The summed E-state index contributed by atoms with van der Waals surface area (Å²) in [4.78, 5) is 14.3. The maximum absolute atomic E-state index is 12.7. The number of carbonyl (C=O) groups is 1. The number of nitrogens with zero attached hydrogens (tertiary/aromatic N) is 4.